The number of rotatable bonds is 1. The van der Waals surface area contributed by atoms with E-state index in [0.717, 1.165) is 25.7 Å². The van der Waals surface area contributed by atoms with Gasteiger partial charge in [0.25, 0.3) is 5.56 Å². The van der Waals surface area contributed by atoms with E-state index in [4.69, 9.17) is 5.73 Å². The maximum atomic E-state index is 12.8. The lowest BCUT2D eigenvalue weighted by Crippen LogP contribution is -2.40. The van der Waals surface area contributed by atoms with Crippen LogP contribution in [0.1, 0.15) is 66.3 Å². The van der Waals surface area contributed by atoms with E-state index in [1.807, 2.05) is 13.8 Å². The van der Waals surface area contributed by atoms with Crippen LogP contribution in [0.5, 0.6) is 0 Å². The van der Waals surface area contributed by atoms with Gasteiger partial charge in [0.2, 0.25) is 0 Å². The summed E-state index contributed by atoms with van der Waals surface area (Å²) < 4.78 is 1.40. The predicted octanol–water partition coefficient (Wildman–Crippen LogP) is 4.08. The van der Waals surface area contributed by atoms with Crippen molar-refractivity contribution >= 4 is 16.6 Å². The smallest absolute Gasteiger partial charge is 0.329 e. The van der Waals surface area contributed by atoms with Gasteiger partial charge >= 0.3 is 5.69 Å². The van der Waals surface area contributed by atoms with E-state index in [2.05, 4.69) is 25.8 Å². The molecular weight excluding hydrogens is 314 g/mol. The standard InChI is InChI=1S/C18H25N3O2.C2H6/c1-18(2,3)11-4-7-13(8-5-11)21-16(22)14-10-12(19)6-9-15(14)20-17(21)23;1-2/h6,9-11,13H,4-5,7-8,19H2,1-3H3,(H,20,23);1-2H3. The van der Waals surface area contributed by atoms with Crippen molar-refractivity contribution in [2.24, 2.45) is 11.3 Å². The number of nitrogen functional groups attached to an aromatic ring is 1. The first-order valence-electron chi connectivity index (χ1n) is 9.31. The molecule has 0 saturated heterocycles. The van der Waals surface area contributed by atoms with Crippen LogP contribution in [0, 0.1) is 11.3 Å². The van der Waals surface area contributed by atoms with Gasteiger partial charge in [-0.15, -0.1) is 0 Å². The average Bonchev–Trinajstić information content (AvgIpc) is 2.57. The summed E-state index contributed by atoms with van der Waals surface area (Å²) >= 11 is 0. The van der Waals surface area contributed by atoms with Crippen molar-refractivity contribution in [3.05, 3.63) is 39.0 Å². The average molecular weight is 345 g/mol. The van der Waals surface area contributed by atoms with Crippen molar-refractivity contribution in [2.75, 3.05) is 5.73 Å². The third-order valence-corrected chi connectivity index (χ3v) is 5.24. The molecule has 3 N–H and O–H groups in total. The lowest BCUT2D eigenvalue weighted by molar-refractivity contribution is 0.149. The fourth-order valence-electron chi connectivity index (χ4n) is 3.78. The first kappa shape index (κ1) is 19.3. The zero-order valence-electron chi connectivity index (χ0n) is 16.1. The SMILES string of the molecule is CC.CC(C)(C)C1CCC(n2c(=O)[nH]c3ccc(N)cc3c2=O)CC1. The van der Waals surface area contributed by atoms with Crippen LogP contribution in [0.4, 0.5) is 5.69 Å². The Bertz CT molecular complexity index is 835. The number of nitrogens with two attached hydrogens (primary N) is 1. The van der Waals surface area contributed by atoms with Gasteiger partial charge in [-0.2, -0.15) is 0 Å². The van der Waals surface area contributed by atoms with Crippen LogP contribution in [-0.4, -0.2) is 9.55 Å². The molecule has 25 heavy (non-hydrogen) atoms. The van der Waals surface area contributed by atoms with Crippen LogP contribution in [0.15, 0.2) is 27.8 Å². The van der Waals surface area contributed by atoms with E-state index in [0.29, 0.717) is 22.5 Å². The van der Waals surface area contributed by atoms with Crippen molar-refractivity contribution in [2.45, 2.75) is 66.3 Å². The lowest BCUT2D eigenvalue weighted by Gasteiger charge is -2.37. The number of nitrogens with zero attached hydrogens (tertiary/aromatic N) is 1. The van der Waals surface area contributed by atoms with Crippen LogP contribution >= 0.6 is 0 Å². The van der Waals surface area contributed by atoms with E-state index in [-0.39, 0.29) is 22.7 Å². The van der Waals surface area contributed by atoms with Gasteiger partial charge in [0, 0.05) is 11.7 Å². The van der Waals surface area contributed by atoms with Gasteiger partial charge in [0.05, 0.1) is 10.9 Å². The van der Waals surface area contributed by atoms with Gasteiger partial charge in [-0.05, 0) is 55.2 Å². The van der Waals surface area contributed by atoms with Crippen LogP contribution < -0.4 is 17.0 Å². The van der Waals surface area contributed by atoms with Gasteiger partial charge in [-0.25, -0.2) is 4.79 Å². The Balaban J connectivity index is 0.00000109. The molecule has 0 bridgehead atoms. The Kier molecular flexibility index (Phi) is 5.76. The summed E-state index contributed by atoms with van der Waals surface area (Å²) in [5.74, 6) is 0.643. The first-order chi connectivity index (χ1) is 11.8. The van der Waals surface area contributed by atoms with Crippen LogP contribution in [0.3, 0.4) is 0 Å². The Morgan fingerprint density at radius 2 is 1.68 bits per heavy atom. The fraction of sp³-hybridized carbons (Fsp3) is 0.600. The molecule has 0 aliphatic heterocycles. The van der Waals surface area contributed by atoms with Crippen molar-refractivity contribution in [1.29, 1.82) is 0 Å². The molecule has 5 heteroatoms. The molecule has 1 aliphatic carbocycles. The zero-order chi connectivity index (χ0) is 18.8. The third kappa shape index (κ3) is 3.97. The van der Waals surface area contributed by atoms with Gasteiger partial charge in [0.15, 0.2) is 0 Å². The molecule has 1 fully saturated rings. The molecule has 0 unspecified atom stereocenters. The van der Waals surface area contributed by atoms with E-state index in [1.165, 1.54) is 4.57 Å². The number of anilines is 1. The number of H-pyrrole nitrogens is 1. The van der Waals surface area contributed by atoms with Crippen molar-refractivity contribution in [3.8, 4) is 0 Å². The molecule has 5 nitrogen and oxygen atoms in total. The number of hydrogen-bond donors (Lipinski definition) is 2. The molecule has 1 aromatic carbocycles. The summed E-state index contributed by atoms with van der Waals surface area (Å²) in [6.45, 7) is 10.8. The summed E-state index contributed by atoms with van der Waals surface area (Å²) in [5, 5.41) is 0.488. The molecule has 0 spiro atoms. The van der Waals surface area contributed by atoms with E-state index in [1.54, 1.807) is 18.2 Å². The van der Waals surface area contributed by atoms with Crippen molar-refractivity contribution in [1.82, 2.24) is 9.55 Å². The van der Waals surface area contributed by atoms with Crippen LogP contribution in [-0.2, 0) is 0 Å². The van der Waals surface area contributed by atoms with E-state index in [9.17, 15) is 9.59 Å². The second kappa shape index (κ2) is 7.46. The normalized spacial score (nSPS) is 20.8. The molecule has 138 valence electrons. The number of fused-ring (bicyclic) bond motifs is 1. The van der Waals surface area contributed by atoms with Crippen LogP contribution in [0.25, 0.3) is 10.9 Å². The maximum absolute atomic E-state index is 12.8. The molecule has 1 saturated carbocycles. The Morgan fingerprint density at radius 3 is 2.24 bits per heavy atom. The molecule has 3 rings (SSSR count). The van der Waals surface area contributed by atoms with Crippen LogP contribution in [0.2, 0.25) is 0 Å². The molecule has 2 aromatic rings. The zero-order valence-corrected chi connectivity index (χ0v) is 16.1. The first-order valence-corrected chi connectivity index (χ1v) is 9.31. The minimum absolute atomic E-state index is 0.0179. The summed E-state index contributed by atoms with van der Waals surface area (Å²) in [6.07, 6.45) is 3.85. The monoisotopic (exact) mass is 345 g/mol. The summed E-state index contributed by atoms with van der Waals surface area (Å²) in [5.41, 5.74) is 6.61. The largest absolute Gasteiger partial charge is 0.399 e. The van der Waals surface area contributed by atoms with Gasteiger partial charge < -0.3 is 10.7 Å². The van der Waals surface area contributed by atoms with Crippen molar-refractivity contribution in [3.63, 3.8) is 0 Å². The molecule has 0 atom stereocenters. The Hall–Kier alpha value is -2.04. The Morgan fingerprint density at radius 1 is 1.08 bits per heavy atom. The highest BCUT2D eigenvalue weighted by Gasteiger charge is 2.31. The molecule has 0 amide bonds. The maximum Gasteiger partial charge on any atom is 0.329 e. The van der Waals surface area contributed by atoms with Gasteiger partial charge in [-0.3, -0.25) is 9.36 Å². The second-order valence-corrected chi connectivity index (χ2v) is 7.78. The highest BCUT2D eigenvalue weighted by molar-refractivity contribution is 5.80. The topological polar surface area (TPSA) is 80.9 Å². The highest BCUT2D eigenvalue weighted by Crippen LogP contribution is 2.40. The molecule has 0 radical (unpaired) electrons. The summed E-state index contributed by atoms with van der Waals surface area (Å²) in [6, 6.07) is 5.01. The van der Waals surface area contributed by atoms with Crippen molar-refractivity contribution < 1.29 is 0 Å². The number of aromatic amines is 1. The lowest BCUT2D eigenvalue weighted by atomic mass is 9.71. The number of nitrogens with one attached hydrogen (secondary N) is 1. The van der Waals surface area contributed by atoms with E-state index >= 15 is 0 Å². The number of aromatic nitrogens is 2. The fourth-order valence-corrected chi connectivity index (χ4v) is 3.78. The predicted molar refractivity (Wildman–Crippen MR) is 105 cm³/mol. The Labute approximate surface area is 149 Å². The molecule has 1 heterocycles. The number of hydrogen-bond acceptors (Lipinski definition) is 3. The highest BCUT2D eigenvalue weighted by atomic mass is 16.2. The minimum Gasteiger partial charge on any atom is -0.399 e. The van der Waals surface area contributed by atoms with E-state index < -0.39 is 0 Å². The summed E-state index contributed by atoms with van der Waals surface area (Å²) in [7, 11) is 0. The summed E-state index contributed by atoms with van der Waals surface area (Å²) in [4.78, 5) is 28.0. The minimum atomic E-state index is -0.313. The van der Waals surface area contributed by atoms with Gasteiger partial charge in [0.1, 0.15) is 0 Å². The molecule has 1 aliphatic rings. The third-order valence-electron chi connectivity index (χ3n) is 5.24. The quantitative estimate of drug-likeness (QED) is 0.764. The molecule has 1 aromatic heterocycles. The van der Waals surface area contributed by atoms with Gasteiger partial charge in [-0.1, -0.05) is 34.6 Å². The second-order valence-electron chi connectivity index (χ2n) is 7.78. The number of benzene rings is 1. The molecular formula is C20H31N3O2.